The molecule has 5 rings (SSSR count). The van der Waals surface area contributed by atoms with Crippen LogP contribution in [0.3, 0.4) is 0 Å². The van der Waals surface area contributed by atoms with Crippen molar-refractivity contribution in [2.75, 3.05) is 37.0 Å². The van der Waals surface area contributed by atoms with Gasteiger partial charge in [-0.05, 0) is 48.4 Å². The Bertz CT molecular complexity index is 1140. The Morgan fingerprint density at radius 2 is 1.91 bits per heavy atom. The summed E-state index contributed by atoms with van der Waals surface area (Å²) in [7, 11) is 0. The maximum atomic E-state index is 13.0. The van der Waals surface area contributed by atoms with Gasteiger partial charge in [0.2, 0.25) is 11.9 Å². The molecule has 0 saturated carbocycles. The minimum Gasteiger partial charge on any atom is -0.378 e. The molecular weight excluding hydrogens is 446 g/mol. The second-order valence-electron chi connectivity index (χ2n) is 8.70. The second kappa shape index (κ2) is 10.6. The Balaban J connectivity index is 1.36. The highest BCUT2D eigenvalue weighted by Crippen LogP contribution is 2.31. The topological polar surface area (TPSA) is 72.3 Å². The van der Waals surface area contributed by atoms with E-state index in [2.05, 4.69) is 74.4 Å². The molecule has 2 aliphatic rings. The van der Waals surface area contributed by atoms with Crippen molar-refractivity contribution in [2.24, 2.45) is 0 Å². The number of amides is 1. The molecule has 1 amide bonds. The van der Waals surface area contributed by atoms with Gasteiger partial charge in [-0.1, -0.05) is 61.2 Å². The van der Waals surface area contributed by atoms with Crippen molar-refractivity contribution in [3.05, 3.63) is 65.2 Å². The average Bonchev–Trinajstić information content (AvgIpc) is 3.32. The van der Waals surface area contributed by atoms with Gasteiger partial charge in [-0.3, -0.25) is 9.36 Å². The van der Waals surface area contributed by atoms with Crippen LogP contribution in [0.25, 0.3) is 5.69 Å². The van der Waals surface area contributed by atoms with Crippen molar-refractivity contribution in [3.8, 4) is 5.69 Å². The number of rotatable bonds is 7. The fourth-order valence-electron chi connectivity index (χ4n) is 4.83. The summed E-state index contributed by atoms with van der Waals surface area (Å²) in [5, 5.41) is 13.0. The van der Waals surface area contributed by atoms with E-state index in [-0.39, 0.29) is 11.9 Å². The number of carbonyl (C=O) groups is 1. The fraction of sp³-hybridized carbons (Fsp3) is 0.423. The minimum absolute atomic E-state index is 0.0259. The smallest absolute Gasteiger partial charge is 0.232 e. The predicted octanol–water partition coefficient (Wildman–Crippen LogP) is 3.95. The van der Waals surface area contributed by atoms with Crippen LogP contribution < -0.4 is 10.2 Å². The van der Waals surface area contributed by atoms with Crippen molar-refractivity contribution >= 4 is 23.6 Å². The molecule has 1 aliphatic carbocycles. The van der Waals surface area contributed by atoms with Crippen LogP contribution in [0, 0.1) is 0 Å². The molecule has 1 fully saturated rings. The summed E-state index contributed by atoms with van der Waals surface area (Å²) in [6.07, 6.45) is 4.07. The van der Waals surface area contributed by atoms with Gasteiger partial charge in [-0.15, -0.1) is 10.2 Å². The molecule has 0 bridgehead atoms. The number of hydrogen-bond donors (Lipinski definition) is 1. The van der Waals surface area contributed by atoms with Crippen molar-refractivity contribution < 1.29 is 9.53 Å². The molecule has 1 aliphatic heterocycles. The standard InChI is InChI=1S/C26H31N5O2S/c1-2-19-8-4-6-13-23(19)31-25(30-14-16-33-17-15-30)28-29-26(31)34-18-24(32)27-22-12-7-10-20-9-3-5-11-21(20)22/h3-6,8-9,11,13,22H,2,7,10,12,14-18H2,1H3,(H,27,32)/t22-/m0/s1. The Kier molecular flexibility index (Phi) is 7.16. The van der Waals surface area contributed by atoms with Gasteiger partial charge in [-0.2, -0.15) is 0 Å². The van der Waals surface area contributed by atoms with E-state index in [9.17, 15) is 4.79 Å². The second-order valence-corrected chi connectivity index (χ2v) is 9.64. The Morgan fingerprint density at radius 3 is 2.76 bits per heavy atom. The Morgan fingerprint density at radius 1 is 1.12 bits per heavy atom. The summed E-state index contributed by atoms with van der Waals surface area (Å²) >= 11 is 1.44. The number of anilines is 1. The van der Waals surface area contributed by atoms with Crippen molar-refractivity contribution in [2.45, 2.75) is 43.8 Å². The number of aromatic nitrogens is 3. The third-order valence-electron chi connectivity index (χ3n) is 6.56. The SMILES string of the molecule is CCc1ccccc1-n1c(SCC(=O)N[C@H]2CCCc3ccccc32)nnc1N1CCOCC1. The molecule has 8 heteroatoms. The van der Waals surface area contributed by atoms with Gasteiger partial charge in [0.05, 0.1) is 30.7 Å². The van der Waals surface area contributed by atoms with Crippen LogP contribution in [0.4, 0.5) is 5.95 Å². The van der Waals surface area contributed by atoms with Crippen LogP contribution in [0.15, 0.2) is 53.7 Å². The minimum atomic E-state index is 0.0259. The molecular formula is C26H31N5O2S. The zero-order valence-corrected chi connectivity index (χ0v) is 20.4. The third-order valence-corrected chi connectivity index (χ3v) is 7.49. The lowest BCUT2D eigenvalue weighted by Crippen LogP contribution is -2.38. The van der Waals surface area contributed by atoms with Crippen molar-refractivity contribution in [3.63, 3.8) is 0 Å². The third kappa shape index (κ3) is 4.83. The largest absolute Gasteiger partial charge is 0.378 e. The van der Waals surface area contributed by atoms with Crippen LogP contribution in [0.1, 0.15) is 42.5 Å². The summed E-state index contributed by atoms with van der Waals surface area (Å²) in [6.45, 7) is 5.06. The summed E-state index contributed by atoms with van der Waals surface area (Å²) in [5.41, 5.74) is 4.89. The predicted molar refractivity (Wildman–Crippen MR) is 135 cm³/mol. The van der Waals surface area contributed by atoms with Crippen molar-refractivity contribution in [1.29, 1.82) is 0 Å². The highest BCUT2D eigenvalue weighted by Gasteiger charge is 2.25. The molecule has 0 unspecified atom stereocenters. The number of nitrogens with zero attached hydrogens (tertiary/aromatic N) is 4. The molecule has 34 heavy (non-hydrogen) atoms. The van der Waals surface area contributed by atoms with E-state index in [1.807, 2.05) is 6.07 Å². The molecule has 178 valence electrons. The normalized spacial score (nSPS) is 17.9. The van der Waals surface area contributed by atoms with Crippen LogP contribution in [0.5, 0.6) is 0 Å². The lowest BCUT2D eigenvalue weighted by atomic mass is 9.88. The molecule has 2 heterocycles. The first-order chi connectivity index (χ1) is 16.7. The van der Waals surface area contributed by atoms with Gasteiger partial charge < -0.3 is 15.0 Å². The molecule has 1 aromatic heterocycles. The number of aryl methyl sites for hydroxylation is 2. The van der Waals surface area contributed by atoms with E-state index in [1.54, 1.807) is 0 Å². The van der Waals surface area contributed by atoms with Crippen LogP contribution >= 0.6 is 11.8 Å². The monoisotopic (exact) mass is 477 g/mol. The fourth-order valence-corrected chi connectivity index (χ4v) is 5.58. The summed E-state index contributed by atoms with van der Waals surface area (Å²) < 4.78 is 7.65. The molecule has 0 spiro atoms. The molecule has 0 radical (unpaired) electrons. The lowest BCUT2D eigenvalue weighted by Gasteiger charge is -2.28. The summed E-state index contributed by atoms with van der Waals surface area (Å²) in [6, 6.07) is 16.9. The van der Waals surface area contributed by atoms with Crippen LogP contribution in [0.2, 0.25) is 0 Å². The first-order valence-electron chi connectivity index (χ1n) is 12.1. The molecule has 1 N–H and O–H groups in total. The first kappa shape index (κ1) is 22.9. The van der Waals surface area contributed by atoms with E-state index < -0.39 is 0 Å². The molecule has 3 aromatic rings. The van der Waals surface area contributed by atoms with Gasteiger partial charge in [0.1, 0.15) is 0 Å². The van der Waals surface area contributed by atoms with Crippen LogP contribution in [-0.4, -0.2) is 52.7 Å². The number of ether oxygens (including phenoxy) is 1. The zero-order chi connectivity index (χ0) is 23.3. The average molecular weight is 478 g/mol. The Hall–Kier alpha value is -2.84. The van der Waals surface area contributed by atoms with Gasteiger partial charge in [-0.25, -0.2) is 0 Å². The van der Waals surface area contributed by atoms with E-state index in [0.717, 1.165) is 55.6 Å². The maximum absolute atomic E-state index is 13.0. The zero-order valence-electron chi connectivity index (χ0n) is 19.6. The number of thioether (sulfide) groups is 1. The maximum Gasteiger partial charge on any atom is 0.232 e. The number of para-hydroxylation sites is 1. The Labute approximate surface area is 204 Å². The van der Waals surface area contributed by atoms with Gasteiger partial charge in [0.15, 0.2) is 5.16 Å². The first-order valence-corrected chi connectivity index (χ1v) is 13.1. The van der Waals surface area contributed by atoms with Crippen molar-refractivity contribution in [1.82, 2.24) is 20.1 Å². The molecule has 2 aromatic carbocycles. The molecule has 7 nitrogen and oxygen atoms in total. The number of nitrogens with one attached hydrogen (secondary N) is 1. The summed E-state index contributed by atoms with van der Waals surface area (Å²) in [4.78, 5) is 15.2. The highest BCUT2D eigenvalue weighted by molar-refractivity contribution is 7.99. The van der Waals surface area contributed by atoms with Gasteiger partial charge in [0, 0.05) is 13.1 Å². The van der Waals surface area contributed by atoms with Gasteiger partial charge >= 0.3 is 0 Å². The molecule has 1 atom stereocenters. The highest BCUT2D eigenvalue weighted by atomic mass is 32.2. The van der Waals surface area contributed by atoms with Gasteiger partial charge in [0.25, 0.3) is 0 Å². The lowest BCUT2D eigenvalue weighted by molar-refractivity contribution is -0.119. The van der Waals surface area contributed by atoms with E-state index >= 15 is 0 Å². The number of carbonyl (C=O) groups excluding carboxylic acids is 1. The van der Waals surface area contributed by atoms with Crippen LogP contribution in [-0.2, 0) is 22.4 Å². The number of benzene rings is 2. The number of morpholine rings is 1. The number of fused-ring (bicyclic) bond motifs is 1. The molecule has 1 saturated heterocycles. The van der Waals surface area contributed by atoms with E-state index in [1.165, 1.54) is 28.5 Å². The van der Waals surface area contributed by atoms with E-state index in [0.29, 0.717) is 19.0 Å². The quantitative estimate of drug-likeness (QED) is 0.520. The van der Waals surface area contributed by atoms with E-state index in [4.69, 9.17) is 4.74 Å². The number of hydrogen-bond acceptors (Lipinski definition) is 6. The summed E-state index contributed by atoms with van der Waals surface area (Å²) in [5.74, 6) is 1.14.